The van der Waals surface area contributed by atoms with E-state index in [2.05, 4.69) is 13.8 Å². The van der Waals surface area contributed by atoms with Gasteiger partial charge >= 0.3 is 0 Å². The summed E-state index contributed by atoms with van der Waals surface area (Å²) in [6.45, 7) is 10.4. The van der Waals surface area contributed by atoms with Gasteiger partial charge in [-0.15, -0.1) is 0 Å². The predicted octanol–water partition coefficient (Wildman–Crippen LogP) is 3.93. The van der Waals surface area contributed by atoms with Gasteiger partial charge in [-0.2, -0.15) is 0 Å². The van der Waals surface area contributed by atoms with Crippen molar-refractivity contribution >= 4 is 0 Å². The Labute approximate surface area is 138 Å². The number of rotatable bonds is 14. The molecule has 2 N–H and O–H groups in total. The fourth-order valence-electron chi connectivity index (χ4n) is 1.77. The summed E-state index contributed by atoms with van der Waals surface area (Å²) in [5.41, 5.74) is 0. The molecule has 136 valence electrons. The molecular formula is C18H40O4. The van der Waals surface area contributed by atoms with Crippen molar-refractivity contribution in [3.63, 3.8) is 0 Å². The third-order valence-corrected chi connectivity index (χ3v) is 3.00. The van der Waals surface area contributed by atoms with E-state index in [1.807, 2.05) is 0 Å². The van der Waals surface area contributed by atoms with Crippen LogP contribution in [0.15, 0.2) is 0 Å². The molecule has 4 nitrogen and oxygen atoms in total. The Hall–Kier alpha value is -0.160. The summed E-state index contributed by atoms with van der Waals surface area (Å²) in [6.07, 6.45) is 9.21. The molecule has 0 rings (SSSR count). The zero-order valence-electron chi connectivity index (χ0n) is 15.4. The molecular weight excluding hydrogens is 280 g/mol. The standard InChI is InChI=1S/2C9H20O2/c2*1-3-4-5-6-7-11-8-9(2)10/h2*9-10H,3-8H2,1-2H3. The molecule has 2 unspecified atom stereocenters. The van der Waals surface area contributed by atoms with E-state index in [1.165, 1.54) is 38.5 Å². The minimum absolute atomic E-state index is 0.318. The van der Waals surface area contributed by atoms with Gasteiger partial charge < -0.3 is 19.7 Å². The SMILES string of the molecule is CCCCCCOCC(C)O.CCCCCCOCC(C)O. The van der Waals surface area contributed by atoms with E-state index in [9.17, 15) is 0 Å². The first-order valence-corrected chi connectivity index (χ1v) is 9.06. The molecule has 0 amide bonds. The van der Waals surface area contributed by atoms with Gasteiger partial charge in [-0.25, -0.2) is 0 Å². The van der Waals surface area contributed by atoms with E-state index in [-0.39, 0.29) is 12.2 Å². The lowest BCUT2D eigenvalue weighted by Gasteiger charge is -2.05. The molecule has 0 fully saturated rings. The predicted molar refractivity (Wildman–Crippen MR) is 93.3 cm³/mol. The van der Waals surface area contributed by atoms with Crippen LogP contribution in [-0.4, -0.2) is 48.8 Å². The Morgan fingerprint density at radius 3 is 1.27 bits per heavy atom. The van der Waals surface area contributed by atoms with Crippen LogP contribution in [0.1, 0.15) is 79.1 Å². The molecule has 0 radical (unpaired) electrons. The van der Waals surface area contributed by atoms with Crippen LogP contribution in [0.4, 0.5) is 0 Å². The molecule has 0 aliphatic rings. The smallest absolute Gasteiger partial charge is 0.0745 e. The van der Waals surface area contributed by atoms with Crippen molar-refractivity contribution in [1.82, 2.24) is 0 Å². The third kappa shape index (κ3) is 28.1. The molecule has 0 aliphatic heterocycles. The van der Waals surface area contributed by atoms with Gasteiger partial charge in [-0.3, -0.25) is 0 Å². The number of hydrogen-bond donors (Lipinski definition) is 2. The first kappa shape index (κ1) is 24.1. The van der Waals surface area contributed by atoms with Crippen molar-refractivity contribution in [2.24, 2.45) is 0 Å². The fraction of sp³-hybridized carbons (Fsp3) is 1.00. The Morgan fingerprint density at radius 2 is 1.00 bits per heavy atom. The molecule has 0 heterocycles. The number of aliphatic hydroxyl groups is 2. The van der Waals surface area contributed by atoms with E-state index >= 15 is 0 Å². The van der Waals surface area contributed by atoms with Crippen LogP contribution >= 0.6 is 0 Å². The monoisotopic (exact) mass is 320 g/mol. The molecule has 0 aliphatic carbocycles. The zero-order valence-corrected chi connectivity index (χ0v) is 15.4. The second-order valence-corrected chi connectivity index (χ2v) is 5.97. The highest BCUT2D eigenvalue weighted by Crippen LogP contribution is 1.99. The Kier molecular flexibility index (Phi) is 22.8. The van der Waals surface area contributed by atoms with E-state index in [0.717, 1.165) is 26.1 Å². The minimum Gasteiger partial charge on any atom is -0.391 e. The molecule has 22 heavy (non-hydrogen) atoms. The van der Waals surface area contributed by atoms with Gasteiger partial charge in [-0.05, 0) is 26.7 Å². The highest BCUT2D eigenvalue weighted by atomic mass is 16.5. The highest BCUT2D eigenvalue weighted by Gasteiger charge is 1.94. The zero-order chi connectivity index (χ0) is 17.1. The molecule has 0 aromatic carbocycles. The average Bonchev–Trinajstić information content (AvgIpc) is 2.46. The van der Waals surface area contributed by atoms with E-state index < -0.39 is 0 Å². The minimum atomic E-state index is -0.318. The van der Waals surface area contributed by atoms with E-state index in [4.69, 9.17) is 19.7 Å². The van der Waals surface area contributed by atoms with Crippen molar-refractivity contribution in [2.45, 2.75) is 91.3 Å². The van der Waals surface area contributed by atoms with Crippen LogP contribution in [0.25, 0.3) is 0 Å². The maximum absolute atomic E-state index is 8.83. The maximum Gasteiger partial charge on any atom is 0.0745 e. The van der Waals surface area contributed by atoms with Crippen LogP contribution in [0.3, 0.4) is 0 Å². The second-order valence-electron chi connectivity index (χ2n) is 5.97. The lowest BCUT2D eigenvalue weighted by molar-refractivity contribution is 0.0445. The number of ether oxygens (including phenoxy) is 2. The van der Waals surface area contributed by atoms with Crippen molar-refractivity contribution in [2.75, 3.05) is 26.4 Å². The van der Waals surface area contributed by atoms with Gasteiger partial charge in [0.2, 0.25) is 0 Å². The number of unbranched alkanes of at least 4 members (excludes halogenated alkanes) is 6. The lowest BCUT2D eigenvalue weighted by atomic mass is 10.2. The topological polar surface area (TPSA) is 58.9 Å². The first-order chi connectivity index (χ1) is 10.5. The molecule has 4 heteroatoms. The number of aliphatic hydroxyl groups excluding tert-OH is 2. The van der Waals surface area contributed by atoms with Crippen LogP contribution in [-0.2, 0) is 9.47 Å². The third-order valence-electron chi connectivity index (χ3n) is 3.00. The highest BCUT2D eigenvalue weighted by molar-refractivity contribution is 4.44. The van der Waals surface area contributed by atoms with Crippen molar-refractivity contribution in [3.05, 3.63) is 0 Å². The van der Waals surface area contributed by atoms with E-state index in [1.54, 1.807) is 13.8 Å². The second kappa shape index (κ2) is 20.8. The Bertz CT molecular complexity index is 164. The fourth-order valence-corrected chi connectivity index (χ4v) is 1.77. The summed E-state index contributed by atoms with van der Waals surface area (Å²) in [6, 6.07) is 0. The average molecular weight is 321 g/mol. The molecule has 0 aromatic heterocycles. The van der Waals surface area contributed by atoms with Gasteiger partial charge in [0.15, 0.2) is 0 Å². The van der Waals surface area contributed by atoms with Gasteiger partial charge in [0.05, 0.1) is 25.4 Å². The van der Waals surface area contributed by atoms with E-state index in [0.29, 0.717) is 13.2 Å². The van der Waals surface area contributed by atoms with Gasteiger partial charge in [0, 0.05) is 13.2 Å². The maximum atomic E-state index is 8.83. The molecule has 0 spiro atoms. The summed E-state index contributed by atoms with van der Waals surface area (Å²) in [5.74, 6) is 0. The van der Waals surface area contributed by atoms with Gasteiger partial charge in [-0.1, -0.05) is 52.4 Å². The van der Waals surface area contributed by atoms with Crippen LogP contribution in [0.5, 0.6) is 0 Å². The Balaban J connectivity index is 0. The van der Waals surface area contributed by atoms with Crippen LogP contribution < -0.4 is 0 Å². The molecule has 0 aromatic rings. The molecule has 2 atom stereocenters. The van der Waals surface area contributed by atoms with Crippen LogP contribution in [0.2, 0.25) is 0 Å². The normalized spacial score (nSPS) is 13.4. The quantitative estimate of drug-likeness (QED) is 0.476. The summed E-state index contributed by atoms with van der Waals surface area (Å²) in [4.78, 5) is 0. The molecule has 0 saturated carbocycles. The first-order valence-electron chi connectivity index (χ1n) is 9.06. The van der Waals surface area contributed by atoms with Crippen LogP contribution in [0, 0.1) is 0 Å². The van der Waals surface area contributed by atoms with Gasteiger partial charge in [0.25, 0.3) is 0 Å². The lowest BCUT2D eigenvalue weighted by Crippen LogP contribution is -2.10. The van der Waals surface area contributed by atoms with Crippen molar-refractivity contribution in [1.29, 1.82) is 0 Å². The summed E-state index contributed by atoms with van der Waals surface area (Å²) in [5, 5.41) is 17.7. The van der Waals surface area contributed by atoms with Crippen molar-refractivity contribution < 1.29 is 19.7 Å². The largest absolute Gasteiger partial charge is 0.391 e. The summed E-state index contributed by atoms with van der Waals surface area (Å²) < 4.78 is 10.4. The summed E-state index contributed by atoms with van der Waals surface area (Å²) in [7, 11) is 0. The number of hydrogen-bond acceptors (Lipinski definition) is 4. The Morgan fingerprint density at radius 1 is 0.636 bits per heavy atom. The summed E-state index contributed by atoms with van der Waals surface area (Å²) >= 11 is 0. The van der Waals surface area contributed by atoms with Crippen molar-refractivity contribution in [3.8, 4) is 0 Å². The van der Waals surface area contributed by atoms with Gasteiger partial charge in [0.1, 0.15) is 0 Å². The molecule has 0 bridgehead atoms. The molecule has 0 saturated heterocycles.